The van der Waals surface area contributed by atoms with E-state index in [0.29, 0.717) is 34.7 Å². The topological polar surface area (TPSA) is 38.8 Å². The molecule has 1 heterocycles. The molecule has 1 aromatic carbocycles. The Hall–Kier alpha value is -0.970. The second-order valence-electron chi connectivity index (χ2n) is 5.84. The molecule has 0 saturated carbocycles. The lowest BCUT2D eigenvalue weighted by atomic mass is 9.97. The van der Waals surface area contributed by atoms with Crippen molar-refractivity contribution in [3.05, 3.63) is 28.2 Å². The normalized spacial score (nSPS) is 19.2. The molecule has 1 aromatic rings. The lowest BCUT2D eigenvalue weighted by Gasteiger charge is -2.20. The Morgan fingerprint density at radius 1 is 1.30 bits per heavy atom. The molecule has 1 aliphatic heterocycles. The molecule has 1 saturated heterocycles. The number of ether oxygens (including phenoxy) is 2. The zero-order chi connectivity index (χ0) is 16.7. The van der Waals surface area contributed by atoms with Crippen LogP contribution in [0.3, 0.4) is 0 Å². The number of carbonyl (C=O) groups is 1. The number of likely N-dealkylation sites (tertiary alicyclic amines) is 1. The van der Waals surface area contributed by atoms with Crippen molar-refractivity contribution in [1.82, 2.24) is 4.90 Å². The number of halogens is 2. The van der Waals surface area contributed by atoms with E-state index in [4.69, 9.17) is 32.7 Å². The third-order valence-electron chi connectivity index (χ3n) is 4.18. The first-order valence-corrected chi connectivity index (χ1v) is 8.71. The molecule has 0 aromatic heterocycles. The summed E-state index contributed by atoms with van der Waals surface area (Å²) in [6.07, 6.45) is 3.72. The molecule has 0 radical (unpaired) electrons. The number of nitrogens with zero attached hydrogens (tertiary/aromatic N) is 1. The first kappa shape index (κ1) is 18.4. The molecular weight excluding hydrogens is 337 g/mol. The van der Waals surface area contributed by atoms with E-state index in [0.717, 1.165) is 38.9 Å². The average Bonchev–Trinajstić information content (AvgIpc) is 2.76. The number of hydrogen-bond acceptors (Lipinski definition) is 4. The summed E-state index contributed by atoms with van der Waals surface area (Å²) >= 11 is 12.0. The monoisotopic (exact) mass is 359 g/mol. The van der Waals surface area contributed by atoms with E-state index in [-0.39, 0.29) is 5.97 Å². The predicted molar refractivity (Wildman–Crippen MR) is 92.4 cm³/mol. The van der Waals surface area contributed by atoms with Gasteiger partial charge in [-0.05, 0) is 50.4 Å². The van der Waals surface area contributed by atoms with Crippen LogP contribution in [0.5, 0.6) is 5.75 Å². The van der Waals surface area contributed by atoms with Crippen molar-refractivity contribution in [3.63, 3.8) is 0 Å². The van der Waals surface area contributed by atoms with Crippen LogP contribution in [0.25, 0.3) is 0 Å². The number of benzene rings is 1. The minimum atomic E-state index is -0.109. The summed E-state index contributed by atoms with van der Waals surface area (Å²) in [4.78, 5) is 13.8. The quantitative estimate of drug-likeness (QED) is 0.718. The minimum Gasteiger partial charge on any atom is -0.491 e. The number of methoxy groups -OCH3 is 1. The van der Waals surface area contributed by atoms with Gasteiger partial charge < -0.3 is 9.47 Å². The molecule has 0 N–H and O–H groups in total. The van der Waals surface area contributed by atoms with Gasteiger partial charge >= 0.3 is 5.97 Å². The number of hydrogen-bond donors (Lipinski definition) is 0. The zero-order valence-electron chi connectivity index (χ0n) is 13.4. The maximum Gasteiger partial charge on any atom is 0.305 e. The van der Waals surface area contributed by atoms with Gasteiger partial charge in [0.15, 0.2) is 0 Å². The molecular formula is C17H23Cl2NO3. The van der Waals surface area contributed by atoms with E-state index < -0.39 is 0 Å². The van der Waals surface area contributed by atoms with Crippen LogP contribution in [-0.4, -0.2) is 44.2 Å². The third-order valence-corrected chi connectivity index (χ3v) is 4.73. The van der Waals surface area contributed by atoms with Crippen LogP contribution in [0.1, 0.15) is 25.7 Å². The summed E-state index contributed by atoms with van der Waals surface area (Å²) in [5, 5.41) is 1.19. The Bertz CT molecular complexity index is 525. The highest BCUT2D eigenvalue weighted by atomic mass is 35.5. The lowest BCUT2D eigenvalue weighted by Crippen LogP contribution is -2.29. The van der Waals surface area contributed by atoms with E-state index in [2.05, 4.69) is 4.90 Å². The molecule has 0 bridgehead atoms. The number of rotatable bonds is 6. The number of carbonyl (C=O) groups excluding carboxylic acids is 1. The van der Waals surface area contributed by atoms with E-state index in [1.807, 2.05) is 0 Å². The smallest absolute Gasteiger partial charge is 0.305 e. The van der Waals surface area contributed by atoms with Gasteiger partial charge in [-0.2, -0.15) is 0 Å². The third kappa shape index (κ3) is 6.21. The predicted octanol–water partition coefficient (Wildman–Crippen LogP) is 4.04. The highest BCUT2D eigenvalue weighted by molar-refractivity contribution is 6.34. The van der Waals surface area contributed by atoms with Crippen LogP contribution < -0.4 is 4.74 Å². The molecule has 1 aliphatic rings. The van der Waals surface area contributed by atoms with Gasteiger partial charge in [0.1, 0.15) is 12.4 Å². The maximum absolute atomic E-state index is 11.4. The van der Waals surface area contributed by atoms with Gasteiger partial charge in [-0.1, -0.05) is 23.2 Å². The molecule has 6 heteroatoms. The van der Waals surface area contributed by atoms with Crippen LogP contribution in [0.15, 0.2) is 18.2 Å². The highest BCUT2D eigenvalue weighted by Gasteiger charge is 2.19. The molecule has 0 unspecified atom stereocenters. The van der Waals surface area contributed by atoms with Gasteiger partial charge in [0.2, 0.25) is 0 Å². The second-order valence-corrected chi connectivity index (χ2v) is 6.69. The van der Waals surface area contributed by atoms with Crippen LogP contribution in [0.2, 0.25) is 10.0 Å². The van der Waals surface area contributed by atoms with Crippen LogP contribution in [-0.2, 0) is 9.53 Å². The van der Waals surface area contributed by atoms with Crippen molar-refractivity contribution in [1.29, 1.82) is 0 Å². The minimum absolute atomic E-state index is 0.109. The molecule has 2 rings (SSSR count). The Kier molecular flexibility index (Phi) is 7.47. The molecule has 1 fully saturated rings. The molecule has 23 heavy (non-hydrogen) atoms. The lowest BCUT2D eigenvalue weighted by molar-refractivity contribution is -0.141. The first-order valence-electron chi connectivity index (χ1n) is 7.95. The number of esters is 1. The maximum atomic E-state index is 11.4. The van der Waals surface area contributed by atoms with E-state index in [1.165, 1.54) is 7.11 Å². The molecule has 128 valence electrons. The zero-order valence-corrected chi connectivity index (χ0v) is 14.9. The van der Waals surface area contributed by atoms with Gasteiger partial charge in [-0.25, -0.2) is 0 Å². The van der Waals surface area contributed by atoms with Crippen molar-refractivity contribution in [2.24, 2.45) is 5.92 Å². The largest absolute Gasteiger partial charge is 0.491 e. The highest BCUT2D eigenvalue weighted by Crippen LogP contribution is 2.27. The molecule has 0 amide bonds. The van der Waals surface area contributed by atoms with Gasteiger partial charge in [-0.15, -0.1) is 0 Å². The van der Waals surface area contributed by atoms with Crippen LogP contribution in [0.4, 0.5) is 0 Å². The fraction of sp³-hybridized carbons (Fsp3) is 0.588. The molecule has 4 nitrogen and oxygen atoms in total. The van der Waals surface area contributed by atoms with Crippen LogP contribution >= 0.6 is 23.2 Å². The molecule has 0 aliphatic carbocycles. The van der Waals surface area contributed by atoms with Gasteiger partial charge in [0, 0.05) is 24.1 Å². The first-order chi connectivity index (χ1) is 11.1. The second kappa shape index (κ2) is 9.36. The Labute approximate surface area is 147 Å². The summed E-state index contributed by atoms with van der Waals surface area (Å²) < 4.78 is 10.5. The van der Waals surface area contributed by atoms with Crippen LogP contribution in [0, 0.1) is 5.92 Å². The average molecular weight is 360 g/mol. The van der Waals surface area contributed by atoms with E-state index in [1.54, 1.807) is 18.2 Å². The van der Waals surface area contributed by atoms with Crippen molar-refractivity contribution < 1.29 is 14.3 Å². The van der Waals surface area contributed by atoms with E-state index in [9.17, 15) is 4.79 Å². The fourth-order valence-corrected chi connectivity index (χ4v) is 3.18. The Morgan fingerprint density at radius 2 is 2.13 bits per heavy atom. The molecule has 1 atom stereocenters. The summed E-state index contributed by atoms with van der Waals surface area (Å²) in [5.74, 6) is 0.940. The summed E-state index contributed by atoms with van der Waals surface area (Å²) in [7, 11) is 1.45. The van der Waals surface area contributed by atoms with Crippen molar-refractivity contribution in [3.8, 4) is 5.75 Å². The summed E-state index contributed by atoms with van der Waals surface area (Å²) in [6.45, 7) is 3.42. The van der Waals surface area contributed by atoms with E-state index >= 15 is 0 Å². The van der Waals surface area contributed by atoms with Gasteiger partial charge in [0.25, 0.3) is 0 Å². The molecule has 0 spiro atoms. The Balaban J connectivity index is 1.74. The summed E-state index contributed by atoms with van der Waals surface area (Å²) in [6, 6.07) is 5.22. The Morgan fingerprint density at radius 3 is 2.91 bits per heavy atom. The van der Waals surface area contributed by atoms with Gasteiger partial charge in [0.05, 0.1) is 12.1 Å². The van der Waals surface area contributed by atoms with Crippen molar-refractivity contribution in [2.75, 3.05) is 33.4 Å². The standard InChI is InChI=1S/C17H23Cl2NO3/c1-22-17(21)11-13-3-2-7-20(8-6-13)9-10-23-16-12-14(18)4-5-15(16)19/h4-5,12-13H,2-3,6-11H2,1H3/t13-/m0/s1. The van der Waals surface area contributed by atoms with Crippen molar-refractivity contribution >= 4 is 29.2 Å². The van der Waals surface area contributed by atoms with Crippen molar-refractivity contribution in [2.45, 2.75) is 25.7 Å². The van der Waals surface area contributed by atoms with Gasteiger partial charge in [-0.3, -0.25) is 9.69 Å². The fourth-order valence-electron chi connectivity index (χ4n) is 2.84. The summed E-state index contributed by atoms with van der Waals surface area (Å²) in [5.41, 5.74) is 0. The SMILES string of the molecule is COC(=O)C[C@H]1CCCN(CCOc2cc(Cl)ccc2Cl)CC1.